The number of hydrogen-bond acceptors (Lipinski definition) is 4. The number of benzene rings is 3. The Kier molecular flexibility index (Phi) is 6.94. The number of aromatic nitrogens is 1. The summed E-state index contributed by atoms with van der Waals surface area (Å²) >= 11 is 6.56. The van der Waals surface area contributed by atoms with Gasteiger partial charge in [-0.25, -0.2) is 4.98 Å². The van der Waals surface area contributed by atoms with E-state index in [1.165, 1.54) is 0 Å². The number of pyridine rings is 1. The van der Waals surface area contributed by atoms with Crippen molar-refractivity contribution < 1.29 is 9.53 Å². The minimum atomic E-state index is -2.47. The third-order valence-corrected chi connectivity index (χ3v) is 11.0. The van der Waals surface area contributed by atoms with Crippen LogP contribution in [0, 0.1) is 0 Å². The Hall–Kier alpha value is -3.07. The fraction of sp³-hybridized carbons (Fsp3) is 0.111. The molecular formula is C27H24NO2PS. The largest absolute Gasteiger partial charge is 0.481 e. The first-order chi connectivity index (χ1) is 15.6. The van der Waals surface area contributed by atoms with Crippen molar-refractivity contribution in [1.29, 1.82) is 0 Å². The Labute approximate surface area is 194 Å². The van der Waals surface area contributed by atoms with Crippen molar-refractivity contribution in [1.82, 2.24) is 4.98 Å². The molecule has 0 aliphatic heterocycles. The zero-order chi connectivity index (χ0) is 22.4. The van der Waals surface area contributed by atoms with Crippen molar-refractivity contribution in [3.8, 4) is 5.88 Å². The maximum atomic E-state index is 13.4. The Bertz CT molecular complexity index is 1190. The number of carbonyl (C=O) groups excluding carboxylic acids is 1. The molecule has 0 saturated heterocycles. The van der Waals surface area contributed by atoms with Crippen molar-refractivity contribution in [2.24, 2.45) is 0 Å². The van der Waals surface area contributed by atoms with Crippen LogP contribution in [0.25, 0.3) is 0 Å². The Balaban J connectivity index is 1.91. The molecule has 4 rings (SSSR count). The Morgan fingerprint density at radius 3 is 1.88 bits per heavy atom. The number of Topliss-reactive ketones (excluding diaryl/α,β-unsaturated/α-hetero) is 1. The van der Waals surface area contributed by atoms with Crippen LogP contribution in [0.1, 0.15) is 28.1 Å². The fourth-order valence-electron chi connectivity index (χ4n) is 3.87. The number of methoxy groups -OCH3 is 1. The van der Waals surface area contributed by atoms with Crippen LogP contribution in [0.5, 0.6) is 5.88 Å². The van der Waals surface area contributed by atoms with Gasteiger partial charge in [-0.2, -0.15) is 0 Å². The second kappa shape index (κ2) is 10.0. The molecular weight excluding hydrogens is 433 g/mol. The minimum absolute atomic E-state index is 0.0568. The van der Waals surface area contributed by atoms with Crippen molar-refractivity contribution in [3.05, 3.63) is 120 Å². The zero-order valence-electron chi connectivity index (χ0n) is 17.8. The maximum absolute atomic E-state index is 13.4. The second-order valence-electron chi connectivity index (χ2n) is 7.44. The lowest BCUT2D eigenvalue weighted by Gasteiger charge is -2.32. The fourth-order valence-corrected chi connectivity index (χ4v) is 8.34. The molecule has 1 atom stereocenters. The van der Waals surface area contributed by atoms with Gasteiger partial charge in [0.15, 0.2) is 5.78 Å². The Morgan fingerprint density at radius 2 is 1.34 bits per heavy atom. The summed E-state index contributed by atoms with van der Waals surface area (Å²) in [5.74, 6) is 0.573. The normalized spacial score (nSPS) is 12.2. The van der Waals surface area contributed by atoms with E-state index in [1.807, 2.05) is 84.9 Å². The summed E-state index contributed by atoms with van der Waals surface area (Å²) < 4.78 is 5.40. The van der Waals surface area contributed by atoms with Gasteiger partial charge >= 0.3 is 0 Å². The van der Waals surface area contributed by atoms with Crippen LogP contribution in [0.15, 0.2) is 109 Å². The van der Waals surface area contributed by atoms with E-state index in [0.29, 0.717) is 11.4 Å². The first-order valence-electron chi connectivity index (χ1n) is 10.4. The summed E-state index contributed by atoms with van der Waals surface area (Å²) in [4.78, 5) is 18.1. The summed E-state index contributed by atoms with van der Waals surface area (Å²) in [6.07, 6.45) is 0.269. The van der Waals surface area contributed by atoms with E-state index in [9.17, 15) is 4.79 Å². The van der Waals surface area contributed by atoms with Crippen LogP contribution in [0.4, 0.5) is 0 Å². The van der Waals surface area contributed by atoms with E-state index in [2.05, 4.69) is 24.3 Å². The van der Waals surface area contributed by atoms with E-state index in [-0.39, 0.29) is 17.9 Å². The molecule has 4 aromatic rings. The van der Waals surface area contributed by atoms with Crippen LogP contribution >= 0.6 is 6.04 Å². The molecule has 32 heavy (non-hydrogen) atoms. The summed E-state index contributed by atoms with van der Waals surface area (Å²) in [6.45, 7) is 0. The molecule has 0 unspecified atom stereocenters. The number of rotatable bonds is 8. The molecule has 5 heteroatoms. The number of carbonyl (C=O) groups is 1. The van der Waals surface area contributed by atoms with E-state index < -0.39 is 6.04 Å². The highest BCUT2D eigenvalue weighted by Crippen LogP contribution is 2.59. The zero-order valence-corrected chi connectivity index (χ0v) is 19.5. The molecule has 0 bridgehead atoms. The highest BCUT2D eigenvalue weighted by molar-refractivity contribution is 8.22. The first kappa shape index (κ1) is 22.1. The van der Waals surface area contributed by atoms with Gasteiger partial charge in [-0.05, 0) is 16.7 Å². The lowest BCUT2D eigenvalue weighted by Crippen LogP contribution is -2.23. The highest BCUT2D eigenvalue weighted by Gasteiger charge is 2.36. The highest BCUT2D eigenvalue weighted by atomic mass is 32.4. The summed E-state index contributed by atoms with van der Waals surface area (Å²) in [5, 5.41) is 2.13. The van der Waals surface area contributed by atoms with Gasteiger partial charge in [0.2, 0.25) is 5.88 Å². The van der Waals surface area contributed by atoms with Gasteiger partial charge in [0.25, 0.3) is 0 Å². The second-order valence-corrected chi connectivity index (χ2v) is 12.1. The average Bonchev–Trinajstić information content (AvgIpc) is 2.88. The lowest BCUT2D eigenvalue weighted by molar-refractivity contribution is 0.0981. The van der Waals surface area contributed by atoms with Crippen molar-refractivity contribution in [3.63, 3.8) is 0 Å². The smallest absolute Gasteiger partial charge is 0.213 e. The molecule has 160 valence electrons. The average molecular weight is 458 g/mol. The van der Waals surface area contributed by atoms with E-state index in [1.54, 1.807) is 7.11 Å². The van der Waals surface area contributed by atoms with Gasteiger partial charge in [-0.1, -0.05) is 109 Å². The molecule has 0 N–H and O–H groups in total. The van der Waals surface area contributed by atoms with E-state index in [4.69, 9.17) is 21.5 Å². The summed E-state index contributed by atoms with van der Waals surface area (Å²) in [6, 6.07) is 32.9. The lowest BCUT2D eigenvalue weighted by atomic mass is 10.0. The standard InChI is InChI=1S/C27H24NO2PS/c1-30-27-19-11-18-24(28-27)26(20-25(29)21-12-5-2-6-13-21)31(32,22-14-7-3-8-15-22)23-16-9-4-10-17-23/h2-19,26H,20H2,1H3/t26-/m0/s1. The molecule has 0 aliphatic carbocycles. The van der Waals surface area contributed by atoms with Gasteiger partial charge in [-0.15, -0.1) is 0 Å². The Morgan fingerprint density at radius 1 is 0.812 bits per heavy atom. The summed E-state index contributed by atoms with van der Waals surface area (Å²) in [7, 11) is 1.60. The van der Waals surface area contributed by atoms with Crippen LogP contribution in [0.2, 0.25) is 0 Å². The molecule has 1 aromatic heterocycles. The molecule has 3 nitrogen and oxygen atoms in total. The number of nitrogens with zero attached hydrogens (tertiary/aromatic N) is 1. The molecule has 3 aromatic carbocycles. The molecule has 0 fully saturated rings. The molecule has 0 spiro atoms. The molecule has 0 saturated carbocycles. The monoisotopic (exact) mass is 457 g/mol. The van der Waals surface area contributed by atoms with Crippen molar-refractivity contribution >= 4 is 34.2 Å². The number of hydrogen-bond donors (Lipinski definition) is 0. The topological polar surface area (TPSA) is 39.2 Å². The quantitative estimate of drug-likeness (QED) is 0.257. The van der Waals surface area contributed by atoms with Gasteiger partial charge < -0.3 is 4.74 Å². The van der Waals surface area contributed by atoms with Gasteiger partial charge in [0.05, 0.1) is 12.8 Å². The van der Waals surface area contributed by atoms with Gasteiger partial charge in [0, 0.05) is 29.7 Å². The van der Waals surface area contributed by atoms with Crippen molar-refractivity contribution in [2.45, 2.75) is 12.1 Å². The van der Waals surface area contributed by atoms with Crippen molar-refractivity contribution in [2.75, 3.05) is 7.11 Å². The van der Waals surface area contributed by atoms with Crippen LogP contribution in [0.3, 0.4) is 0 Å². The summed E-state index contributed by atoms with van der Waals surface area (Å²) in [5.41, 5.74) is 1.19. The predicted molar refractivity (Wildman–Crippen MR) is 135 cm³/mol. The molecule has 0 aliphatic rings. The first-order valence-corrected chi connectivity index (χ1v) is 13.3. The minimum Gasteiger partial charge on any atom is -0.481 e. The van der Waals surface area contributed by atoms with Gasteiger partial charge in [0.1, 0.15) is 0 Å². The van der Waals surface area contributed by atoms with E-state index >= 15 is 0 Å². The van der Waals surface area contributed by atoms with E-state index in [0.717, 1.165) is 16.3 Å². The maximum Gasteiger partial charge on any atom is 0.213 e. The molecule has 1 heterocycles. The third-order valence-electron chi connectivity index (χ3n) is 5.49. The van der Waals surface area contributed by atoms with Crippen LogP contribution < -0.4 is 15.3 Å². The predicted octanol–water partition coefficient (Wildman–Crippen LogP) is 5.53. The molecule has 0 radical (unpaired) electrons. The SMILES string of the molecule is COc1cccc([C@H](CC(=O)c2ccccc2)P(=S)(c2ccccc2)c2ccccc2)n1. The number of ether oxygens (including phenoxy) is 1. The van der Waals surface area contributed by atoms with Crippen LogP contribution in [-0.4, -0.2) is 17.9 Å². The van der Waals surface area contributed by atoms with Crippen LogP contribution in [-0.2, 0) is 11.8 Å². The third kappa shape index (κ3) is 4.57. The van der Waals surface area contributed by atoms with Gasteiger partial charge in [-0.3, -0.25) is 4.79 Å². The molecule has 0 amide bonds. The number of ketones is 1.